The fourth-order valence-corrected chi connectivity index (χ4v) is 0. The quantitative estimate of drug-likeness (QED) is 0.398. The van der Waals surface area contributed by atoms with Gasteiger partial charge in [-0.25, -0.2) is 0 Å². The summed E-state index contributed by atoms with van der Waals surface area (Å²) in [6.07, 6.45) is -5.53. The highest BCUT2D eigenvalue weighted by atomic mass is 32.1. The SMILES string of the molecule is FC(F)(F)C(F)(F)S. The van der Waals surface area contributed by atoms with Crippen LogP contribution < -0.4 is 0 Å². The highest BCUT2D eigenvalue weighted by molar-refractivity contribution is 7.81. The molecule has 8 heavy (non-hydrogen) atoms. The lowest BCUT2D eigenvalue weighted by Crippen LogP contribution is -2.29. The van der Waals surface area contributed by atoms with Crippen molar-refractivity contribution in [3.05, 3.63) is 0 Å². The molecule has 0 unspecified atom stereocenters. The summed E-state index contributed by atoms with van der Waals surface area (Å²) >= 11 is 1.98. The van der Waals surface area contributed by atoms with Crippen LogP contribution in [-0.4, -0.2) is 11.4 Å². The Morgan fingerprint density at radius 1 is 0.875 bits per heavy atom. The number of hydrogen-bond donors (Lipinski definition) is 1. The van der Waals surface area contributed by atoms with Gasteiger partial charge in [-0.15, -0.1) is 0 Å². The van der Waals surface area contributed by atoms with Crippen molar-refractivity contribution in [3.8, 4) is 0 Å². The molecular formula is C2HF5S. The molecule has 0 heterocycles. The Kier molecular flexibility index (Phi) is 1.75. The van der Waals surface area contributed by atoms with Crippen LogP contribution in [0.2, 0.25) is 0 Å². The van der Waals surface area contributed by atoms with Crippen LogP contribution in [0.15, 0.2) is 0 Å². The van der Waals surface area contributed by atoms with Crippen molar-refractivity contribution >= 4 is 12.6 Å². The largest absolute Gasteiger partial charge is 0.463 e. The molecule has 0 bridgehead atoms. The number of thiol groups is 1. The van der Waals surface area contributed by atoms with Crippen molar-refractivity contribution in [1.82, 2.24) is 0 Å². The molecule has 0 aromatic carbocycles. The number of halogens is 5. The molecule has 0 N–H and O–H groups in total. The molecule has 0 aliphatic rings. The van der Waals surface area contributed by atoms with E-state index in [-0.39, 0.29) is 0 Å². The van der Waals surface area contributed by atoms with Crippen molar-refractivity contribution in [2.45, 2.75) is 11.4 Å². The second kappa shape index (κ2) is 1.75. The van der Waals surface area contributed by atoms with Gasteiger partial charge in [0.25, 0.3) is 0 Å². The fourth-order valence-electron chi connectivity index (χ4n) is 0. The zero-order valence-electron chi connectivity index (χ0n) is 3.34. The molecule has 0 rings (SSSR count). The minimum Gasteiger partial charge on any atom is -0.184 e. The first-order valence-electron chi connectivity index (χ1n) is 1.42. The predicted octanol–water partition coefficient (Wildman–Crippen LogP) is 2.07. The monoisotopic (exact) mass is 152 g/mol. The molecule has 0 fully saturated rings. The molecule has 50 valence electrons. The van der Waals surface area contributed by atoms with E-state index in [1.54, 1.807) is 0 Å². The molecule has 0 radical (unpaired) electrons. The summed E-state index contributed by atoms with van der Waals surface area (Å²) < 4.78 is 54.1. The van der Waals surface area contributed by atoms with Crippen molar-refractivity contribution in [3.63, 3.8) is 0 Å². The highest BCUT2D eigenvalue weighted by Gasteiger charge is 2.54. The van der Waals surface area contributed by atoms with Crippen molar-refractivity contribution in [1.29, 1.82) is 0 Å². The topological polar surface area (TPSA) is 0 Å². The summed E-state index contributed by atoms with van der Waals surface area (Å²) in [5.41, 5.74) is 0. The maximum atomic E-state index is 11.0. The minimum atomic E-state index is -5.53. The molecule has 0 aromatic rings. The minimum absolute atomic E-state index is 1.98. The van der Waals surface area contributed by atoms with Gasteiger partial charge in [-0.2, -0.15) is 22.0 Å². The van der Waals surface area contributed by atoms with E-state index in [2.05, 4.69) is 0 Å². The lowest BCUT2D eigenvalue weighted by Gasteiger charge is -2.11. The second-order valence-electron chi connectivity index (χ2n) is 1.04. The van der Waals surface area contributed by atoms with Gasteiger partial charge in [0.2, 0.25) is 0 Å². The molecule has 0 aromatic heterocycles. The Labute approximate surface area is 47.1 Å². The Balaban J connectivity index is 4.02. The molecule has 0 nitrogen and oxygen atoms in total. The normalized spacial score (nSPS) is 14.2. The molecule has 0 amide bonds. The first-order valence-corrected chi connectivity index (χ1v) is 1.87. The maximum absolute atomic E-state index is 11.0. The average molecular weight is 152 g/mol. The fraction of sp³-hybridized carbons (Fsp3) is 1.00. The van der Waals surface area contributed by atoms with E-state index in [0.717, 1.165) is 0 Å². The summed E-state index contributed by atoms with van der Waals surface area (Å²) in [5.74, 6) is 0. The molecular weight excluding hydrogens is 151 g/mol. The van der Waals surface area contributed by atoms with Crippen LogP contribution in [0.4, 0.5) is 22.0 Å². The third-order valence-corrected chi connectivity index (χ3v) is 0.595. The third-order valence-electron chi connectivity index (χ3n) is 0.341. The Morgan fingerprint density at radius 3 is 1.00 bits per heavy atom. The summed E-state index contributed by atoms with van der Waals surface area (Å²) in [4.78, 5) is 0. The molecule has 0 saturated carbocycles. The first kappa shape index (κ1) is 8.00. The zero-order valence-corrected chi connectivity index (χ0v) is 4.23. The maximum Gasteiger partial charge on any atom is 0.463 e. The average Bonchev–Trinajstić information content (AvgIpc) is 1.25. The van der Waals surface area contributed by atoms with Crippen LogP contribution in [0.3, 0.4) is 0 Å². The molecule has 0 atom stereocenters. The number of alkyl halides is 5. The van der Waals surface area contributed by atoms with E-state index in [1.807, 2.05) is 12.6 Å². The zero-order chi connectivity index (χ0) is 7.00. The van der Waals surface area contributed by atoms with Crippen molar-refractivity contribution in [2.75, 3.05) is 0 Å². The third kappa shape index (κ3) is 1.85. The van der Waals surface area contributed by atoms with E-state index in [4.69, 9.17) is 0 Å². The van der Waals surface area contributed by atoms with Crippen LogP contribution in [0, 0.1) is 0 Å². The molecule has 0 saturated heterocycles. The highest BCUT2D eigenvalue weighted by Crippen LogP contribution is 2.37. The van der Waals surface area contributed by atoms with Crippen LogP contribution in [-0.2, 0) is 0 Å². The number of hydrogen-bond acceptors (Lipinski definition) is 1. The van der Waals surface area contributed by atoms with Gasteiger partial charge in [-0.05, 0) is 0 Å². The summed E-state index contributed by atoms with van der Waals surface area (Å²) in [6.45, 7) is 0. The second-order valence-corrected chi connectivity index (χ2v) is 1.60. The van der Waals surface area contributed by atoms with Crippen LogP contribution in [0.25, 0.3) is 0 Å². The van der Waals surface area contributed by atoms with Gasteiger partial charge in [0, 0.05) is 0 Å². The molecule has 0 spiro atoms. The van der Waals surface area contributed by atoms with Crippen LogP contribution >= 0.6 is 12.6 Å². The van der Waals surface area contributed by atoms with Crippen LogP contribution in [0.5, 0.6) is 0 Å². The smallest absolute Gasteiger partial charge is 0.184 e. The van der Waals surface area contributed by atoms with Gasteiger partial charge in [0.15, 0.2) is 0 Å². The van der Waals surface area contributed by atoms with Gasteiger partial charge in [-0.3, -0.25) is 0 Å². The molecule has 0 aliphatic carbocycles. The predicted molar refractivity (Wildman–Crippen MR) is 20.0 cm³/mol. The van der Waals surface area contributed by atoms with Crippen molar-refractivity contribution < 1.29 is 22.0 Å². The van der Waals surface area contributed by atoms with Gasteiger partial charge in [-0.1, -0.05) is 12.6 Å². The lowest BCUT2D eigenvalue weighted by atomic mass is 10.7. The summed E-state index contributed by atoms with van der Waals surface area (Å²) in [7, 11) is 0. The van der Waals surface area contributed by atoms with E-state index in [0.29, 0.717) is 0 Å². The lowest BCUT2D eigenvalue weighted by molar-refractivity contribution is -0.236. The first-order chi connectivity index (χ1) is 3.25. The van der Waals surface area contributed by atoms with E-state index in [9.17, 15) is 22.0 Å². The van der Waals surface area contributed by atoms with Crippen molar-refractivity contribution in [2.24, 2.45) is 0 Å². The van der Waals surface area contributed by atoms with E-state index >= 15 is 0 Å². The van der Waals surface area contributed by atoms with E-state index < -0.39 is 11.4 Å². The van der Waals surface area contributed by atoms with Gasteiger partial charge >= 0.3 is 11.4 Å². The molecule has 0 aliphatic heterocycles. The Morgan fingerprint density at radius 2 is 1.00 bits per heavy atom. The van der Waals surface area contributed by atoms with Gasteiger partial charge in [0.1, 0.15) is 0 Å². The Bertz CT molecular complexity index is 65.4. The standard InChI is InChI=1S/C2HF5S/c3-1(4,5)2(6,7)8/h8H. The van der Waals surface area contributed by atoms with Gasteiger partial charge in [0.05, 0.1) is 0 Å². The van der Waals surface area contributed by atoms with Gasteiger partial charge < -0.3 is 0 Å². The van der Waals surface area contributed by atoms with E-state index in [1.165, 1.54) is 0 Å². The number of rotatable bonds is 0. The summed E-state index contributed by atoms with van der Waals surface area (Å²) in [6, 6.07) is 0. The molecule has 6 heteroatoms. The summed E-state index contributed by atoms with van der Waals surface area (Å²) in [5, 5.41) is -4.87. The van der Waals surface area contributed by atoms with Crippen LogP contribution in [0.1, 0.15) is 0 Å². The Hall–Kier alpha value is -0.0000000000000000555.